The zero-order valence-electron chi connectivity index (χ0n) is 18.8. The Bertz CT molecular complexity index is 865. The van der Waals surface area contributed by atoms with Crippen LogP contribution in [0.4, 0.5) is 0 Å². The lowest BCUT2D eigenvalue weighted by atomic mass is 9.98. The van der Waals surface area contributed by atoms with Crippen LogP contribution >= 0.6 is 0 Å². The highest BCUT2D eigenvalue weighted by molar-refractivity contribution is 5.80. The molecule has 1 heterocycles. The Morgan fingerprint density at radius 1 is 1.10 bits per heavy atom. The number of hydrogen-bond donors (Lipinski definition) is 2. The van der Waals surface area contributed by atoms with E-state index in [-0.39, 0.29) is 6.54 Å². The van der Waals surface area contributed by atoms with Gasteiger partial charge in [0, 0.05) is 31.6 Å². The van der Waals surface area contributed by atoms with Gasteiger partial charge in [-0.3, -0.25) is 4.99 Å². The molecule has 1 aliphatic rings. The third-order valence-electron chi connectivity index (χ3n) is 5.56. The Morgan fingerprint density at radius 2 is 1.81 bits per heavy atom. The first-order valence-electron chi connectivity index (χ1n) is 10.7. The summed E-state index contributed by atoms with van der Waals surface area (Å²) in [6.45, 7) is 4.84. The van der Waals surface area contributed by atoms with Crippen molar-refractivity contribution < 1.29 is 19.3 Å². The van der Waals surface area contributed by atoms with Crippen molar-refractivity contribution in [3.05, 3.63) is 53.6 Å². The van der Waals surface area contributed by atoms with Gasteiger partial charge < -0.3 is 29.5 Å². The molecule has 1 saturated heterocycles. The molecular weight excluding hydrogens is 394 g/mol. The summed E-state index contributed by atoms with van der Waals surface area (Å²) in [4.78, 5) is 6.96. The Morgan fingerprint density at radius 3 is 2.45 bits per heavy atom. The van der Waals surface area contributed by atoms with Crippen molar-refractivity contribution in [3.63, 3.8) is 0 Å². The largest absolute Gasteiger partial charge is 0.497 e. The maximum absolute atomic E-state index is 10.6. The minimum Gasteiger partial charge on any atom is -0.497 e. The van der Waals surface area contributed by atoms with Gasteiger partial charge in [0.2, 0.25) is 0 Å². The van der Waals surface area contributed by atoms with Gasteiger partial charge in [-0.25, -0.2) is 0 Å². The van der Waals surface area contributed by atoms with Gasteiger partial charge in [0.05, 0.1) is 34.0 Å². The molecular formula is C24H33N3O4. The fraction of sp³-hybridized carbons (Fsp3) is 0.458. The number of methoxy groups -OCH3 is 3. The second-order valence-corrected chi connectivity index (χ2v) is 7.56. The summed E-state index contributed by atoms with van der Waals surface area (Å²) >= 11 is 0. The van der Waals surface area contributed by atoms with Gasteiger partial charge in [0.1, 0.15) is 17.2 Å². The van der Waals surface area contributed by atoms with E-state index in [1.165, 1.54) is 5.56 Å². The fourth-order valence-electron chi connectivity index (χ4n) is 3.84. The Hall–Kier alpha value is -2.93. The molecule has 0 bridgehead atoms. The molecule has 7 nitrogen and oxygen atoms in total. The molecule has 168 valence electrons. The lowest BCUT2D eigenvalue weighted by molar-refractivity contribution is 0.186. The zero-order valence-corrected chi connectivity index (χ0v) is 18.8. The Labute approximate surface area is 184 Å². The fourth-order valence-corrected chi connectivity index (χ4v) is 3.84. The van der Waals surface area contributed by atoms with E-state index in [1.807, 2.05) is 30.3 Å². The second kappa shape index (κ2) is 10.9. The van der Waals surface area contributed by atoms with Crippen LogP contribution in [0.1, 0.15) is 36.5 Å². The number of ether oxygens (including phenoxy) is 3. The van der Waals surface area contributed by atoms with E-state index in [4.69, 9.17) is 19.2 Å². The lowest BCUT2D eigenvalue weighted by Crippen LogP contribution is -2.40. The highest BCUT2D eigenvalue weighted by atomic mass is 16.5. The van der Waals surface area contributed by atoms with Crippen LogP contribution in [-0.2, 0) is 0 Å². The van der Waals surface area contributed by atoms with E-state index in [0.717, 1.165) is 54.8 Å². The first kappa shape index (κ1) is 22.7. The maximum Gasteiger partial charge on any atom is 0.194 e. The van der Waals surface area contributed by atoms with Crippen molar-refractivity contribution in [1.29, 1.82) is 0 Å². The number of aliphatic hydroxyl groups excluding tert-OH is 1. The van der Waals surface area contributed by atoms with Gasteiger partial charge in [0.15, 0.2) is 5.96 Å². The Balaban J connectivity index is 1.70. The molecule has 0 aromatic heterocycles. The van der Waals surface area contributed by atoms with Crippen molar-refractivity contribution in [2.45, 2.75) is 25.4 Å². The SMILES string of the molecule is CCNC(=NCC(O)c1cccc(OC)c1)N1CCC(c2cc(OC)cc(OC)c2)C1. The van der Waals surface area contributed by atoms with Crippen molar-refractivity contribution in [3.8, 4) is 17.2 Å². The van der Waals surface area contributed by atoms with Gasteiger partial charge >= 0.3 is 0 Å². The average Bonchev–Trinajstić information content (AvgIpc) is 3.31. The number of aliphatic imine (C=N–C) groups is 1. The number of likely N-dealkylation sites (tertiary alicyclic amines) is 1. The van der Waals surface area contributed by atoms with Crippen LogP contribution in [-0.4, -0.2) is 63.5 Å². The molecule has 2 N–H and O–H groups in total. The van der Waals surface area contributed by atoms with E-state index < -0.39 is 6.10 Å². The van der Waals surface area contributed by atoms with Crippen LogP contribution < -0.4 is 19.5 Å². The van der Waals surface area contributed by atoms with Gasteiger partial charge in [-0.15, -0.1) is 0 Å². The van der Waals surface area contributed by atoms with Gasteiger partial charge in [-0.05, 0) is 48.7 Å². The molecule has 1 fully saturated rings. The van der Waals surface area contributed by atoms with Crippen LogP contribution in [0, 0.1) is 0 Å². The summed E-state index contributed by atoms with van der Waals surface area (Å²) in [5.41, 5.74) is 1.99. The van der Waals surface area contributed by atoms with E-state index in [0.29, 0.717) is 5.92 Å². The number of aliphatic hydroxyl groups is 1. The monoisotopic (exact) mass is 427 g/mol. The van der Waals surface area contributed by atoms with Crippen molar-refractivity contribution >= 4 is 5.96 Å². The van der Waals surface area contributed by atoms with Crippen molar-refractivity contribution in [2.24, 2.45) is 4.99 Å². The van der Waals surface area contributed by atoms with E-state index in [9.17, 15) is 5.11 Å². The summed E-state index contributed by atoms with van der Waals surface area (Å²) in [5, 5.41) is 14.0. The quantitative estimate of drug-likeness (QED) is 0.498. The average molecular weight is 428 g/mol. The zero-order chi connectivity index (χ0) is 22.2. The maximum atomic E-state index is 10.6. The molecule has 2 unspecified atom stereocenters. The summed E-state index contributed by atoms with van der Waals surface area (Å²) in [7, 11) is 4.96. The first-order chi connectivity index (χ1) is 15.1. The molecule has 0 amide bonds. The molecule has 2 aromatic rings. The van der Waals surface area contributed by atoms with Crippen LogP contribution in [0.2, 0.25) is 0 Å². The number of nitrogens with zero attached hydrogens (tertiary/aromatic N) is 2. The molecule has 3 rings (SSSR count). The molecule has 2 atom stereocenters. The predicted octanol–water partition coefficient (Wildman–Crippen LogP) is 3.20. The molecule has 31 heavy (non-hydrogen) atoms. The minimum absolute atomic E-state index is 0.281. The third kappa shape index (κ3) is 5.82. The number of hydrogen-bond acceptors (Lipinski definition) is 5. The summed E-state index contributed by atoms with van der Waals surface area (Å²) in [5.74, 6) is 3.51. The van der Waals surface area contributed by atoms with E-state index >= 15 is 0 Å². The van der Waals surface area contributed by atoms with Crippen LogP contribution in [0.25, 0.3) is 0 Å². The Kier molecular flexibility index (Phi) is 8.00. The van der Waals surface area contributed by atoms with Crippen molar-refractivity contribution in [2.75, 3.05) is 47.5 Å². The topological polar surface area (TPSA) is 75.6 Å². The number of rotatable bonds is 8. The summed E-state index contributed by atoms with van der Waals surface area (Å²) in [6, 6.07) is 13.5. The number of guanidine groups is 1. The second-order valence-electron chi connectivity index (χ2n) is 7.56. The van der Waals surface area contributed by atoms with Gasteiger partial charge in [0.25, 0.3) is 0 Å². The smallest absolute Gasteiger partial charge is 0.194 e. The first-order valence-corrected chi connectivity index (χ1v) is 10.7. The molecule has 1 aliphatic heterocycles. The summed E-state index contributed by atoms with van der Waals surface area (Å²) < 4.78 is 16.1. The molecule has 0 spiro atoms. The normalized spacial score (nSPS) is 17.4. The van der Waals surface area contributed by atoms with Gasteiger partial charge in [-0.2, -0.15) is 0 Å². The standard InChI is InChI=1S/C24H33N3O4/c1-5-25-24(26-15-23(28)17-7-6-8-20(11-17)29-2)27-10-9-18(16-27)19-12-21(30-3)14-22(13-19)31-4/h6-8,11-14,18,23,28H,5,9-10,15-16H2,1-4H3,(H,25,26). The molecule has 0 radical (unpaired) electrons. The van der Waals surface area contributed by atoms with E-state index in [2.05, 4.69) is 29.3 Å². The predicted molar refractivity (Wildman–Crippen MR) is 122 cm³/mol. The van der Waals surface area contributed by atoms with Crippen LogP contribution in [0.3, 0.4) is 0 Å². The molecule has 2 aromatic carbocycles. The summed E-state index contributed by atoms with van der Waals surface area (Å²) in [6.07, 6.45) is 0.323. The lowest BCUT2D eigenvalue weighted by Gasteiger charge is -2.22. The van der Waals surface area contributed by atoms with Crippen molar-refractivity contribution in [1.82, 2.24) is 10.2 Å². The molecule has 0 aliphatic carbocycles. The van der Waals surface area contributed by atoms with Gasteiger partial charge in [-0.1, -0.05) is 12.1 Å². The highest BCUT2D eigenvalue weighted by Gasteiger charge is 2.27. The van der Waals surface area contributed by atoms with E-state index in [1.54, 1.807) is 21.3 Å². The highest BCUT2D eigenvalue weighted by Crippen LogP contribution is 2.33. The minimum atomic E-state index is -0.690. The molecule has 0 saturated carbocycles. The van der Waals surface area contributed by atoms with Crippen LogP contribution in [0.15, 0.2) is 47.5 Å². The molecule has 7 heteroatoms. The third-order valence-corrected chi connectivity index (χ3v) is 5.56. The van der Waals surface area contributed by atoms with Crippen LogP contribution in [0.5, 0.6) is 17.2 Å². The number of nitrogens with one attached hydrogen (secondary N) is 1. The number of benzene rings is 2.